The van der Waals surface area contributed by atoms with Crippen LogP contribution in [0.2, 0.25) is 0 Å². The van der Waals surface area contributed by atoms with Crippen LogP contribution in [0, 0.1) is 0 Å². The molecule has 0 amide bonds. The normalized spacial score (nSPS) is 13.5. The second-order valence-corrected chi connectivity index (χ2v) is 13.1. The summed E-state index contributed by atoms with van der Waals surface area (Å²) in [7, 11) is 0. The van der Waals surface area contributed by atoms with Gasteiger partial charge in [-0.1, -0.05) is 121 Å². The minimum absolute atomic E-state index is 0.438. The summed E-state index contributed by atoms with van der Waals surface area (Å²) in [5.41, 5.74) is 11.4. The Morgan fingerprint density at radius 3 is 1.82 bits per heavy atom. The molecule has 1 nitrogen and oxygen atoms in total. The van der Waals surface area contributed by atoms with Crippen LogP contribution in [0.5, 0.6) is 0 Å². The van der Waals surface area contributed by atoms with E-state index in [9.17, 15) is 0 Å². The fraction of sp³-hybridized carbons (Fsp3) is 0.0233. The monoisotopic (exact) mass is 590 g/mol. The van der Waals surface area contributed by atoms with E-state index in [1.807, 2.05) is 11.3 Å². The number of furan rings is 1. The van der Waals surface area contributed by atoms with Crippen LogP contribution in [0.4, 0.5) is 0 Å². The van der Waals surface area contributed by atoms with Crippen molar-refractivity contribution in [3.8, 4) is 22.3 Å². The Balaban J connectivity index is 1.20. The highest BCUT2D eigenvalue weighted by Gasteiger charge is 2.46. The standard InChI is InChI=1S/C43H26OS/c1-3-11-29(12-4-1)43(30-13-5-2-6-14-30)37-17-9-7-15-31(37)35-25-36-32-21-19-27(23-39(32)44-40(36)26-38(35)43)28-20-22-34-33-16-8-10-18-41(33)45-42(34)24-28/h1-26H. The third-order valence-corrected chi connectivity index (χ3v) is 10.9. The molecule has 0 radical (unpaired) electrons. The zero-order chi connectivity index (χ0) is 29.5. The highest BCUT2D eigenvalue weighted by Crippen LogP contribution is 2.57. The van der Waals surface area contributed by atoms with E-state index in [2.05, 4.69) is 158 Å². The van der Waals surface area contributed by atoms with Gasteiger partial charge >= 0.3 is 0 Å². The van der Waals surface area contributed by atoms with Crippen molar-refractivity contribution in [1.82, 2.24) is 0 Å². The topological polar surface area (TPSA) is 13.1 Å². The molecule has 0 bridgehead atoms. The van der Waals surface area contributed by atoms with Crippen molar-refractivity contribution >= 4 is 53.4 Å². The van der Waals surface area contributed by atoms with Crippen LogP contribution in [0.25, 0.3) is 64.4 Å². The number of hydrogen-bond acceptors (Lipinski definition) is 2. The van der Waals surface area contributed by atoms with Gasteiger partial charge in [-0.2, -0.15) is 0 Å². The minimum atomic E-state index is -0.438. The molecule has 0 atom stereocenters. The number of fused-ring (bicyclic) bond motifs is 9. The van der Waals surface area contributed by atoms with Gasteiger partial charge in [-0.05, 0) is 80.9 Å². The van der Waals surface area contributed by atoms with E-state index in [1.54, 1.807) is 0 Å². The van der Waals surface area contributed by atoms with Gasteiger partial charge in [0.2, 0.25) is 0 Å². The molecule has 9 aromatic rings. The molecule has 0 saturated heterocycles. The smallest absolute Gasteiger partial charge is 0.136 e. The molecular formula is C43H26OS. The molecule has 0 aliphatic heterocycles. The summed E-state index contributed by atoms with van der Waals surface area (Å²) in [5.74, 6) is 0. The second kappa shape index (κ2) is 9.28. The lowest BCUT2D eigenvalue weighted by molar-refractivity contribution is 0.666. The van der Waals surface area contributed by atoms with Crippen molar-refractivity contribution < 1.29 is 4.42 Å². The first-order valence-corrected chi connectivity index (χ1v) is 16.2. The molecular weight excluding hydrogens is 565 g/mol. The van der Waals surface area contributed by atoms with Crippen molar-refractivity contribution in [1.29, 1.82) is 0 Å². The van der Waals surface area contributed by atoms with Gasteiger partial charge in [-0.15, -0.1) is 11.3 Å². The number of hydrogen-bond donors (Lipinski definition) is 0. The van der Waals surface area contributed by atoms with E-state index < -0.39 is 5.41 Å². The summed E-state index contributed by atoms with van der Waals surface area (Å²) in [6.45, 7) is 0. The zero-order valence-corrected chi connectivity index (χ0v) is 25.1. The van der Waals surface area contributed by atoms with Gasteiger partial charge in [0.15, 0.2) is 0 Å². The summed E-state index contributed by atoms with van der Waals surface area (Å²) < 4.78 is 9.38. The highest BCUT2D eigenvalue weighted by atomic mass is 32.1. The molecule has 0 spiro atoms. The molecule has 2 heterocycles. The van der Waals surface area contributed by atoms with Gasteiger partial charge in [0, 0.05) is 30.9 Å². The maximum Gasteiger partial charge on any atom is 0.136 e. The third kappa shape index (κ3) is 3.43. The largest absolute Gasteiger partial charge is 0.456 e. The second-order valence-electron chi connectivity index (χ2n) is 12.0. The lowest BCUT2D eigenvalue weighted by atomic mass is 9.67. The maximum absolute atomic E-state index is 6.74. The highest BCUT2D eigenvalue weighted by molar-refractivity contribution is 7.25. The van der Waals surface area contributed by atoms with Crippen LogP contribution in [-0.2, 0) is 5.41 Å². The van der Waals surface area contributed by atoms with Gasteiger partial charge in [0.05, 0.1) is 5.41 Å². The van der Waals surface area contributed by atoms with Crippen LogP contribution in [0.15, 0.2) is 162 Å². The Bertz CT molecular complexity index is 2550. The Morgan fingerprint density at radius 1 is 0.400 bits per heavy atom. The number of thiophene rings is 1. The van der Waals surface area contributed by atoms with Crippen LogP contribution < -0.4 is 0 Å². The van der Waals surface area contributed by atoms with Crippen molar-refractivity contribution in [2.75, 3.05) is 0 Å². The van der Waals surface area contributed by atoms with E-state index in [0.717, 1.165) is 21.9 Å². The van der Waals surface area contributed by atoms with E-state index in [4.69, 9.17) is 4.42 Å². The summed E-state index contributed by atoms with van der Waals surface area (Å²) in [6, 6.07) is 57.6. The molecule has 10 rings (SSSR count). The Labute approximate surface area is 264 Å². The van der Waals surface area contributed by atoms with Crippen LogP contribution in [-0.4, -0.2) is 0 Å². The Kier molecular flexibility index (Phi) is 5.14. The average molecular weight is 591 g/mol. The van der Waals surface area contributed by atoms with Crippen molar-refractivity contribution in [2.24, 2.45) is 0 Å². The zero-order valence-electron chi connectivity index (χ0n) is 24.3. The van der Waals surface area contributed by atoms with Gasteiger partial charge in [0.25, 0.3) is 0 Å². The Hall–Kier alpha value is -5.44. The van der Waals surface area contributed by atoms with Gasteiger partial charge in [-0.25, -0.2) is 0 Å². The molecule has 0 unspecified atom stereocenters. The van der Waals surface area contributed by atoms with E-state index in [0.29, 0.717) is 0 Å². The van der Waals surface area contributed by atoms with E-state index in [-0.39, 0.29) is 0 Å². The predicted octanol–water partition coefficient (Wildman–Crippen LogP) is 12.0. The molecule has 1 aliphatic rings. The summed E-state index contributed by atoms with van der Waals surface area (Å²) in [6.07, 6.45) is 0. The minimum Gasteiger partial charge on any atom is -0.456 e. The molecule has 0 saturated carbocycles. The average Bonchev–Trinajstić information content (AvgIpc) is 3.75. The van der Waals surface area contributed by atoms with Crippen molar-refractivity contribution in [3.05, 3.63) is 180 Å². The van der Waals surface area contributed by atoms with Crippen LogP contribution >= 0.6 is 11.3 Å². The Morgan fingerprint density at radius 2 is 1.02 bits per heavy atom. The fourth-order valence-corrected chi connectivity index (χ4v) is 8.94. The maximum atomic E-state index is 6.74. The summed E-state index contributed by atoms with van der Waals surface area (Å²) >= 11 is 1.86. The molecule has 0 N–H and O–H groups in total. The molecule has 2 aromatic heterocycles. The SMILES string of the molecule is c1ccc(C2(c3ccccc3)c3ccccc3-c3cc4c(cc32)oc2cc(-c3ccc5c(c3)sc3ccccc35)ccc24)cc1. The number of benzene rings is 7. The summed E-state index contributed by atoms with van der Waals surface area (Å²) in [4.78, 5) is 0. The third-order valence-electron chi connectivity index (χ3n) is 9.76. The van der Waals surface area contributed by atoms with E-state index in [1.165, 1.54) is 64.7 Å². The van der Waals surface area contributed by atoms with Crippen LogP contribution in [0.3, 0.4) is 0 Å². The molecule has 2 heteroatoms. The molecule has 0 fully saturated rings. The first kappa shape index (κ1) is 24.9. The molecule has 45 heavy (non-hydrogen) atoms. The molecule has 1 aliphatic carbocycles. The van der Waals surface area contributed by atoms with Gasteiger partial charge in [-0.3, -0.25) is 0 Å². The van der Waals surface area contributed by atoms with Gasteiger partial charge < -0.3 is 4.42 Å². The first-order valence-electron chi connectivity index (χ1n) is 15.4. The first-order chi connectivity index (χ1) is 22.3. The van der Waals surface area contributed by atoms with E-state index >= 15 is 0 Å². The number of rotatable bonds is 3. The summed E-state index contributed by atoms with van der Waals surface area (Å²) in [5, 5.41) is 4.95. The quantitative estimate of drug-likeness (QED) is 0.199. The molecule has 7 aromatic carbocycles. The van der Waals surface area contributed by atoms with Crippen molar-refractivity contribution in [2.45, 2.75) is 5.41 Å². The van der Waals surface area contributed by atoms with Gasteiger partial charge in [0.1, 0.15) is 11.2 Å². The molecule has 210 valence electrons. The fourth-order valence-electron chi connectivity index (χ4n) is 7.80. The predicted molar refractivity (Wildman–Crippen MR) is 189 cm³/mol. The van der Waals surface area contributed by atoms with Crippen molar-refractivity contribution in [3.63, 3.8) is 0 Å². The van der Waals surface area contributed by atoms with Crippen LogP contribution in [0.1, 0.15) is 22.3 Å². The lowest BCUT2D eigenvalue weighted by Crippen LogP contribution is -2.28. The lowest BCUT2D eigenvalue weighted by Gasteiger charge is -2.33.